The summed E-state index contributed by atoms with van der Waals surface area (Å²) in [5.41, 5.74) is 3.39. The molecule has 1 aliphatic rings. The summed E-state index contributed by atoms with van der Waals surface area (Å²) in [7, 11) is 0. The lowest BCUT2D eigenvalue weighted by molar-refractivity contribution is -0.119. The van der Waals surface area contributed by atoms with Gasteiger partial charge in [-0.1, -0.05) is 25.1 Å². The fraction of sp³-hybridized carbons (Fsp3) is 0.300. The Morgan fingerprint density at radius 3 is 2.62 bits per heavy atom. The molecular weight excluding hydrogens is 300 g/mol. The zero-order chi connectivity index (χ0) is 16.9. The number of nitrogens with one attached hydrogen (secondary N) is 1. The van der Waals surface area contributed by atoms with Crippen LogP contribution in [0.5, 0.6) is 0 Å². The first-order chi connectivity index (χ1) is 11.7. The van der Waals surface area contributed by atoms with Gasteiger partial charge in [0.2, 0.25) is 5.91 Å². The van der Waals surface area contributed by atoms with E-state index in [1.807, 2.05) is 48.5 Å². The number of anilines is 2. The predicted molar refractivity (Wildman–Crippen MR) is 96.4 cm³/mol. The molecule has 1 fully saturated rings. The largest absolute Gasteiger partial charge is 0.322 e. The number of benzene rings is 2. The van der Waals surface area contributed by atoms with Crippen molar-refractivity contribution in [3.8, 4) is 0 Å². The van der Waals surface area contributed by atoms with Gasteiger partial charge in [-0.25, -0.2) is 0 Å². The molecule has 1 aliphatic heterocycles. The molecule has 124 valence electrons. The van der Waals surface area contributed by atoms with Gasteiger partial charge in [-0.05, 0) is 55.2 Å². The highest BCUT2D eigenvalue weighted by molar-refractivity contribution is 6.04. The molecule has 24 heavy (non-hydrogen) atoms. The molecule has 1 N–H and O–H groups in total. The first-order valence-electron chi connectivity index (χ1n) is 8.48. The molecular formula is C20H22N2O2. The van der Waals surface area contributed by atoms with Gasteiger partial charge in [0.1, 0.15) is 0 Å². The minimum Gasteiger partial charge on any atom is -0.322 e. The van der Waals surface area contributed by atoms with Gasteiger partial charge >= 0.3 is 0 Å². The van der Waals surface area contributed by atoms with E-state index in [2.05, 4.69) is 12.2 Å². The Balaban J connectivity index is 1.73. The van der Waals surface area contributed by atoms with Crippen LogP contribution in [0.3, 0.4) is 0 Å². The molecule has 0 spiro atoms. The van der Waals surface area contributed by atoms with Crippen molar-refractivity contribution in [1.29, 1.82) is 0 Å². The summed E-state index contributed by atoms with van der Waals surface area (Å²) in [6.45, 7) is 2.83. The highest BCUT2D eigenvalue weighted by Gasteiger charge is 2.19. The van der Waals surface area contributed by atoms with Crippen molar-refractivity contribution >= 4 is 23.2 Å². The summed E-state index contributed by atoms with van der Waals surface area (Å²) in [5.74, 6) is 0.0136. The number of hydrogen-bond acceptors (Lipinski definition) is 2. The van der Waals surface area contributed by atoms with E-state index in [1.165, 1.54) is 5.56 Å². The van der Waals surface area contributed by atoms with E-state index in [0.717, 1.165) is 31.5 Å². The fourth-order valence-electron chi connectivity index (χ4n) is 2.93. The number of rotatable bonds is 4. The Morgan fingerprint density at radius 1 is 1.12 bits per heavy atom. The van der Waals surface area contributed by atoms with Crippen LogP contribution in [0, 0.1) is 0 Å². The van der Waals surface area contributed by atoms with Crippen LogP contribution >= 0.6 is 0 Å². The van der Waals surface area contributed by atoms with Gasteiger partial charge in [-0.2, -0.15) is 0 Å². The smallest absolute Gasteiger partial charge is 0.255 e. The number of carbonyl (C=O) groups is 2. The van der Waals surface area contributed by atoms with Crippen LogP contribution in [-0.4, -0.2) is 18.4 Å². The first-order valence-corrected chi connectivity index (χ1v) is 8.48. The van der Waals surface area contributed by atoms with E-state index < -0.39 is 0 Å². The maximum absolute atomic E-state index is 12.4. The maximum atomic E-state index is 12.4. The van der Waals surface area contributed by atoms with E-state index >= 15 is 0 Å². The highest BCUT2D eigenvalue weighted by Crippen LogP contribution is 2.24. The maximum Gasteiger partial charge on any atom is 0.255 e. The normalized spacial score (nSPS) is 14.5. The van der Waals surface area contributed by atoms with Crippen molar-refractivity contribution in [2.24, 2.45) is 0 Å². The second-order valence-electron chi connectivity index (χ2n) is 6.06. The summed E-state index contributed by atoms with van der Waals surface area (Å²) in [4.78, 5) is 26.2. The van der Waals surface area contributed by atoms with Crippen molar-refractivity contribution in [3.05, 3.63) is 59.7 Å². The van der Waals surface area contributed by atoms with Crippen LogP contribution in [0.1, 0.15) is 42.1 Å². The molecule has 0 radical (unpaired) electrons. The van der Waals surface area contributed by atoms with Gasteiger partial charge in [-0.3, -0.25) is 9.59 Å². The molecule has 0 aromatic heterocycles. The van der Waals surface area contributed by atoms with E-state index in [0.29, 0.717) is 17.7 Å². The molecule has 1 saturated heterocycles. The zero-order valence-corrected chi connectivity index (χ0v) is 13.9. The van der Waals surface area contributed by atoms with Gasteiger partial charge in [0.05, 0.1) is 0 Å². The molecule has 0 aliphatic carbocycles. The van der Waals surface area contributed by atoms with Gasteiger partial charge in [0, 0.05) is 29.9 Å². The second-order valence-corrected chi connectivity index (χ2v) is 6.06. The van der Waals surface area contributed by atoms with Crippen LogP contribution < -0.4 is 10.2 Å². The van der Waals surface area contributed by atoms with Gasteiger partial charge in [-0.15, -0.1) is 0 Å². The summed E-state index contributed by atoms with van der Waals surface area (Å²) in [6.07, 6.45) is 3.53. The second kappa shape index (κ2) is 7.30. The molecule has 3 rings (SSSR count). The number of aryl methyl sites for hydroxylation is 1. The van der Waals surface area contributed by atoms with Gasteiger partial charge in [0.25, 0.3) is 5.91 Å². The molecule has 2 aromatic carbocycles. The van der Waals surface area contributed by atoms with Crippen LogP contribution in [0.25, 0.3) is 0 Å². The number of piperidine rings is 1. The Morgan fingerprint density at radius 2 is 1.92 bits per heavy atom. The number of nitrogens with zero attached hydrogens (tertiary/aromatic N) is 1. The lowest BCUT2D eigenvalue weighted by Crippen LogP contribution is -2.35. The van der Waals surface area contributed by atoms with E-state index in [4.69, 9.17) is 0 Å². The third-order valence-electron chi connectivity index (χ3n) is 4.36. The highest BCUT2D eigenvalue weighted by atomic mass is 16.2. The summed E-state index contributed by atoms with van der Waals surface area (Å²) in [6, 6.07) is 15.1. The quantitative estimate of drug-likeness (QED) is 0.924. The number of hydrogen-bond donors (Lipinski definition) is 1. The predicted octanol–water partition coefficient (Wildman–Crippen LogP) is 4.02. The summed E-state index contributed by atoms with van der Waals surface area (Å²) in [5, 5.41) is 2.91. The average Bonchev–Trinajstić information content (AvgIpc) is 2.62. The monoisotopic (exact) mass is 322 g/mol. The first kappa shape index (κ1) is 16.2. The molecule has 0 bridgehead atoms. The topological polar surface area (TPSA) is 49.4 Å². The van der Waals surface area contributed by atoms with Crippen molar-refractivity contribution in [2.45, 2.75) is 32.6 Å². The number of amides is 2. The standard InChI is InChI=1S/C20H22N2O2/c1-2-15-9-11-16(12-10-15)20(24)21-17-6-5-7-18(14-17)22-13-4-3-8-19(22)23/h5-7,9-12,14H,2-4,8,13H2,1H3,(H,21,24). The zero-order valence-electron chi connectivity index (χ0n) is 13.9. The van der Waals surface area contributed by atoms with Crippen molar-refractivity contribution in [1.82, 2.24) is 0 Å². The Kier molecular flexibility index (Phi) is 4.94. The molecule has 2 aromatic rings. The third-order valence-corrected chi connectivity index (χ3v) is 4.36. The Bertz CT molecular complexity index is 738. The van der Waals surface area contributed by atoms with E-state index in [-0.39, 0.29) is 11.8 Å². The minimum atomic E-state index is -0.139. The van der Waals surface area contributed by atoms with E-state index in [9.17, 15) is 9.59 Å². The summed E-state index contributed by atoms with van der Waals surface area (Å²) < 4.78 is 0. The Labute approximate surface area is 142 Å². The summed E-state index contributed by atoms with van der Waals surface area (Å²) >= 11 is 0. The fourth-order valence-corrected chi connectivity index (χ4v) is 2.93. The molecule has 2 amide bonds. The van der Waals surface area contributed by atoms with Crippen LogP contribution in [0.15, 0.2) is 48.5 Å². The van der Waals surface area contributed by atoms with Crippen molar-refractivity contribution in [3.63, 3.8) is 0 Å². The Hall–Kier alpha value is -2.62. The van der Waals surface area contributed by atoms with Crippen molar-refractivity contribution < 1.29 is 9.59 Å². The molecule has 0 saturated carbocycles. The lowest BCUT2D eigenvalue weighted by Gasteiger charge is -2.27. The van der Waals surface area contributed by atoms with Crippen LogP contribution in [0.2, 0.25) is 0 Å². The van der Waals surface area contributed by atoms with Crippen LogP contribution in [0.4, 0.5) is 11.4 Å². The average molecular weight is 322 g/mol. The minimum absolute atomic E-state index is 0.139. The van der Waals surface area contributed by atoms with Crippen molar-refractivity contribution in [2.75, 3.05) is 16.8 Å². The van der Waals surface area contributed by atoms with E-state index in [1.54, 1.807) is 4.90 Å². The lowest BCUT2D eigenvalue weighted by atomic mass is 10.1. The van der Waals surface area contributed by atoms with Gasteiger partial charge < -0.3 is 10.2 Å². The van der Waals surface area contributed by atoms with Crippen LogP contribution in [-0.2, 0) is 11.2 Å². The number of carbonyl (C=O) groups excluding carboxylic acids is 2. The molecule has 1 heterocycles. The SMILES string of the molecule is CCc1ccc(C(=O)Nc2cccc(N3CCCCC3=O)c2)cc1. The molecule has 0 unspecified atom stereocenters. The molecule has 4 heteroatoms. The molecule has 4 nitrogen and oxygen atoms in total. The van der Waals surface area contributed by atoms with Gasteiger partial charge in [0.15, 0.2) is 0 Å². The third kappa shape index (κ3) is 3.65. The molecule has 0 atom stereocenters.